The number of nitrogens with two attached hydrogens (primary N) is 1. The van der Waals surface area contributed by atoms with Crippen molar-refractivity contribution in [3.05, 3.63) is 29.3 Å². The molecule has 1 aliphatic heterocycles. The average Bonchev–Trinajstić information content (AvgIpc) is 2.94. The highest BCUT2D eigenvalue weighted by atomic mass is 35.5. The van der Waals surface area contributed by atoms with Gasteiger partial charge in [0.15, 0.2) is 0 Å². The summed E-state index contributed by atoms with van der Waals surface area (Å²) in [5, 5.41) is 0.757. The Morgan fingerprint density at radius 2 is 2.10 bits per heavy atom. The molecular formula is C15H22Cl2N2OS. The molecule has 0 spiro atoms. The molecule has 1 saturated heterocycles. The summed E-state index contributed by atoms with van der Waals surface area (Å²) in [7, 11) is 0. The highest BCUT2D eigenvalue weighted by Gasteiger charge is 2.24. The van der Waals surface area contributed by atoms with E-state index >= 15 is 0 Å². The van der Waals surface area contributed by atoms with E-state index in [0.717, 1.165) is 36.7 Å². The zero-order chi connectivity index (χ0) is 14.4. The predicted molar refractivity (Wildman–Crippen MR) is 92.4 cm³/mol. The van der Waals surface area contributed by atoms with Gasteiger partial charge in [0.2, 0.25) is 5.91 Å². The Kier molecular flexibility index (Phi) is 8.49. The maximum Gasteiger partial charge on any atom is 0.222 e. The normalized spacial score (nSPS) is 17.6. The van der Waals surface area contributed by atoms with E-state index in [1.54, 1.807) is 11.8 Å². The summed E-state index contributed by atoms with van der Waals surface area (Å²) in [5.74, 6) is 1.74. The molecule has 3 nitrogen and oxygen atoms in total. The molecule has 1 aromatic rings. The molecule has 1 fully saturated rings. The molecule has 0 aliphatic carbocycles. The van der Waals surface area contributed by atoms with E-state index in [9.17, 15) is 4.79 Å². The van der Waals surface area contributed by atoms with Gasteiger partial charge in [-0.3, -0.25) is 4.79 Å². The van der Waals surface area contributed by atoms with Gasteiger partial charge >= 0.3 is 0 Å². The Morgan fingerprint density at radius 1 is 1.38 bits per heavy atom. The smallest absolute Gasteiger partial charge is 0.222 e. The van der Waals surface area contributed by atoms with E-state index in [2.05, 4.69) is 0 Å². The van der Waals surface area contributed by atoms with Gasteiger partial charge in [0.05, 0.1) is 0 Å². The van der Waals surface area contributed by atoms with Crippen LogP contribution in [-0.2, 0) is 4.79 Å². The molecule has 21 heavy (non-hydrogen) atoms. The van der Waals surface area contributed by atoms with Crippen molar-refractivity contribution >= 4 is 41.7 Å². The van der Waals surface area contributed by atoms with E-state index in [0.29, 0.717) is 18.9 Å². The maximum absolute atomic E-state index is 12.0. The fourth-order valence-corrected chi connectivity index (χ4v) is 3.33. The molecule has 1 heterocycles. The van der Waals surface area contributed by atoms with Gasteiger partial charge in [0.25, 0.3) is 0 Å². The summed E-state index contributed by atoms with van der Waals surface area (Å²) in [6, 6.07) is 7.82. The molecule has 1 aromatic carbocycles. The molecule has 0 radical (unpaired) electrons. The minimum Gasteiger partial charge on any atom is -0.342 e. The van der Waals surface area contributed by atoms with Crippen molar-refractivity contribution < 1.29 is 4.79 Å². The Hall–Kier alpha value is -0.420. The van der Waals surface area contributed by atoms with Gasteiger partial charge in [0, 0.05) is 29.4 Å². The largest absolute Gasteiger partial charge is 0.342 e. The first-order valence-electron chi connectivity index (χ1n) is 7.05. The highest BCUT2D eigenvalue weighted by molar-refractivity contribution is 7.99. The van der Waals surface area contributed by atoms with Crippen molar-refractivity contribution in [1.82, 2.24) is 4.90 Å². The lowest BCUT2D eigenvalue weighted by Crippen LogP contribution is -2.29. The summed E-state index contributed by atoms with van der Waals surface area (Å²) >= 11 is 7.61. The first-order valence-corrected chi connectivity index (χ1v) is 8.41. The van der Waals surface area contributed by atoms with Gasteiger partial charge in [-0.05, 0) is 55.3 Å². The Bertz CT molecular complexity index is 442. The van der Waals surface area contributed by atoms with Gasteiger partial charge < -0.3 is 10.6 Å². The van der Waals surface area contributed by atoms with Crippen molar-refractivity contribution in [1.29, 1.82) is 0 Å². The second kappa shape index (κ2) is 9.57. The number of nitrogens with zero attached hydrogens (tertiary/aromatic N) is 1. The van der Waals surface area contributed by atoms with Crippen molar-refractivity contribution in [3.63, 3.8) is 0 Å². The van der Waals surface area contributed by atoms with E-state index in [1.807, 2.05) is 29.2 Å². The molecule has 0 saturated carbocycles. The first kappa shape index (κ1) is 18.6. The highest BCUT2D eigenvalue weighted by Crippen LogP contribution is 2.22. The summed E-state index contributed by atoms with van der Waals surface area (Å²) in [5.41, 5.74) is 5.64. The van der Waals surface area contributed by atoms with Crippen LogP contribution in [0.2, 0.25) is 5.02 Å². The van der Waals surface area contributed by atoms with Crippen molar-refractivity contribution in [2.75, 3.05) is 25.4 Å². The van der Waals surface area contributed by atoms with Crippen molar-refractivity contribution in [3.8, 4) is 0 Å². The molecule has 0 bridgehead atoms. The number of thioether (sulfide) groups is 1. The second-order valence-electron chi connectivity index (χ2n) is 5.14. The molecule has 0 aromatic heterocycles. The minimum atomic E-state index is 0. The van der Waals surface area contributed by atoms with Crippen LogP contribution in [0.4, 0.5) is 0 Å². The fraction of sp³-hybridized carbons (Fsp3) is 0.533. The Labute approximate surface area is 142 Å². The number of likely N-dealkylation sites (tertiary alicyclic amines) is 1. The molecule has 2 N–H and O–H groups in total. The zero-order valence-corrected chi connectivity index (χ0v) is 14.4. The molecule has 1 unspecified atom stereocenters. The summed E-state index contributed by atoms with van der Waals surface area (Å²) in [6.45, 7) is 2.42. The van der Waals surface area contributed by atoms with Crippen LogP contribution in [0.1, 0.15) is 19.3 Å². The number of amides is 1. The fourth-order valence-electron chi connectivity index (χ4n) is 2.35. The predicted octanol–water partition coefficient (Wildman–Crippen LogP) is 3.44. The van der Waals surface area contributed by atoms with Gasteiger partial charge in [-0.25, -0.2) is 0 Å². The lowest BCUT2D eigenvalue weighted by atomic mass is 10.1. The minimum absolute atomic E-state index is 0. The Morgan fingerprint density at radius 3 is 2.71 bits per heavy atom. The molecule has 1 atom stereocenters. The average molecular weight is 349 g/mol. The van der Waals surface area contributed by atoms with Crippen LogP contribution in [0.25, 0.3) is 0 Å². The van der Waals surface area contributed by atoms with E-state index in [4.69, 9.17) is 17.3 Å². The third kappa shape index (κ3) is 6.07. The van der Waals surface area contributed by atoms with Gasteiger partial charge in [0.1, 0.15) is 0 Å². The quantitative estimate of drug-likeness (QED) is 0.632. The summed E-state index contributed by atoms with van der Waals surface area (Å²) in [4.78, 5) is 15.2. The summed E-state index contributed by atoms with van der Waals surface area (Å²) < 4.78 is 0. The van der Waals surface area contributed by atoms with Gasteiger partial charge in [-0.2, -0.15) is 0 Å². The van der Waals surface area contributed by atoms with Crippen molar-refractivity contribution in [2.45, 2.75) is 24.2 Å². The maximum atomic E-state index is 12.0. The van der Waals surface area contributed by atoms with Gasteiger partial charge in [-0.15, -0.1) is 24.2 Å². The second-order valence-corrected chi connectivity index (χ2v) is 6.74. The van der Waals surface area contributed by atoms with E-state index in [1.165, 1.54) is 4.90 Å². The van der Waals surface area contributed by atoms with E-state index in [-0.39, 0.29) is 18.3 Å². The van der Waals surface area contributed by atoms with Crippen LogP contribution in [0, 0.1) is 5.92 Å². The van der Waals surface area contributed by atoms with Crippen LogP contribution in [0.15, 0.2) is 29.2 Å². The lowest BCUT2D eigenvalue weighted by molar-refractivity contribution is -0.130. The number of hydrogen-bond acceptors (Lipinski definition) is 3. The molecule has 118 valence electrons. The number of hydrogen-bond donors (Lipinski definition) is 1. The van der Waals surface area contributed by atoms with E-state index < -0.39 is 0 Å². The zero-order valence-electron chi connectivity index (χ0n) is 12.0. The van der Waals surface area contributed by atoms with Gasteiger partial charge in [-0.1, -0.05) is 11.6 Å². The van der Waals surface area contributed by atoms with Crippen LogP contribution in [-0.4, -0.2) is 36.2 Å². The number of rotatable bonds is 6. The van der Waals surface area contributed by atoms with Crippen molar-refractivity contribution in [2.24, 2.45) is 11.7 Å². The Balaban J connectivity index is 0.00000220. The monoisotopic (exact) mass is 348 g/mol. The SMILES string of the molecule is Cl.NCC1CCN(C(=O)CCCSc2ccc(Cl)cc2)C1. The molecule has 6 heteroatoms. The van der Waals surface area contributed by atoms with Crippen LogP contribution < -0.4 is 5.73 Å². The summed E-state index contributed by atoms with van der Waals surface area (Å²) in [6.07, 6.45) is 2.61. The topological polar surface area (TPSA) is 46.3 Å². The number of benzene rings is 1. The molecule has 1 aliphatic rings. The third-order valence-corrected chi connectivity index (χ3v) is 4.94. The first-order chi connectivity index (χ1) is 9.69. The number of carbonyl (C=O) groups is 1. The number of halogens is 2. The van der Waals surface area contributed by atoms with Crippen LogP contribution >= 0.6 is 35.8 Å². The molecule has 1 amide bonds. The standard InChI is InChI=1S/C15H21ClN2OS.ClH/c16-13-3-5-14(6-4-13)20-9-1-2-15(19)18-8-7-12(10-17)11-18;/h3-6,12H,1-2,7-11,17H2;1H. The lowest BCUT2D eigenvalue weighted by Gasteiger charge is -2.16. The molecular weight excluding hydrogens is 327 g/mol. The third-order valence-electron chi connectivity index (χ3n) is 3.59. The molecule has 2 rings (SSSR count). The number of carbonyl (C=O) groups excluding carboxylic acids is 1. The van der Waals surface area contributed by atoms with Crippen LogP contribution in [0.3, 0.4) is 0 Å². The van der Waals surface area contributed by atoms with Crippen LogP contribution in [0.5, 0.6) is 0 Å².